The second-order valence-electron chi connectivity index (χ2n) is 9.68. The summed E-state index contributed by atoms with van der Waals surface area (Å²) in [6.45, 7) is 20.8. The molecule has 0 spiro atoms. The van der Waals surface area contributed by atoms with Gasteiger partial charge in [-0.2, -0.15) is 0 Å². The summed E-state index contributed by atoms with van der Waals surface area (Å²) in [4.78, 5) is 0. The molecule has 0 radical (unpaired) electrons. The van der Waals surface area contributed by atoms with Gasteiger partial charge in [-0.25, -0.2) is 0 Å². The highest BCUT2D eigenvalue weighted by molar-refractivity contribution is 5.22. The Labute approximate surface area is 296 Å². The van der Waals surface area contributed by atoms with Gasteiger partial charge in [-0.05, 0) is 59.4 Å². The van der Waals surface area contributed by atoms with Crippen molar-refractivity contribution >= 4 is 0 Å². The molecule has 0 aliphatic heterocycles. The van der Waals surface area contributed by atoms with Gasteiger partial charge in [0, 0.05) is 0 Å². The number of para-hydroxylation sites is 3. The molecule has 5 rings (SSSR count). The molecule has 0 amide bonds. The maximum Gasteiger partial charge on any atom is 0.118 e. The summed E-state index contributed by atoms with van der Waals surface area (Å²) in [5.41, 5.74) is 2.83. The van der Waals surface area contributed by atoms with Crippen LogP contribution in [0, 0.1) is 0 Å². The molecule has 48 heavy (non-hydrogen) atoms. The van der Waals surface area contributed by atoms with Crippen molar-refractivity contribution in [3.8, 4) is 17.2 Å². The Bertz CT molecular complexity index is 1110. The highest BCUT2D eigenvalue weighted by atomic mass is 16.5. The van der Waals surface area contributed by atoms with Crippen LogP contribution in [0.3, 0.4) is 0 Å². The van der Waals surface area contributed by atoms with Gasteiger partial charge in [0.1, 0.15) is 17.2 Å². The highest BCUT2D eigenvalue weighted by Crippen LogP contribution is 2.12. The standard InChI is InChI=1S/2C9H12.3C7H8O.3C2H6/c2*1-8(2)9-6-4-3-5-7-9;3*1-8-7-5-3-2-4-6-7;3*1-2/h2*3-8H,1-2H3;3*2-6H,1H3;3*1-2H3. The number of benzene rings is 5. The summed E-state index contributed by atoms with van der Waals surface area (Å²) in [5.74, 6) is 4.05. The molecule has 3 heteroatoms. The molecule has 0 fully saturated rings. The van der Waals surface area contributed by atoms with Crippen molar-refractivity contribution in [2.75, 3.05) is 21.3 Å². The van der Waals surface area contributed by atoms with Crippen LogP contribution in [0.15, 0.2) is 152 Å². The molecule has 0 N–H and O–H groups in total. The summed E-state index contributed by atoms with van der Waals surface area (Å²) in [5, 5.41) is 0. The van der Waals surface area contributed by atoms with Gasteiger partial charge >= 0.3 is 0 Å². The SMILES string of the molecule is CC.CC.CC.CC(C)c1ccccc1.CC(C)c1ccccc1.COc1ccccc1.COc1ccccc1.COc1ccccc1. The summed E-state index contributed by atoms with van der Waals surface area (Å²) in [6, 6.07) is 50.1. The average molecular weight is 655 g/mol. The van der Waals surface area contributed by atoms with Gasteiger partial charge in [0.2, 0.25) is 0 Å². The Morgan fingerprint density at radius 3 is 0.562 bits per heavy atom. The molecule has 0 aliphatic rings. The second-order valence-corrected chi connectivity index (χ2v) is 9.68. The van der Waals surface area contributed by atoms with E-state index in [1.165, 1.54) is 11.1 Å². The number of rotatable bonds is 5. The van der Waals surface area contributed by atoms with Crippen LogP contribution in [0.4, 0.5) is 0 Å². The molecule has 3 nitrogen and oxygen atoms in total. The molecular formula is C45H66O3. The fourth-order valence-electron chi connectivity index (χ4n) is 3.35. The Hall–Kier alpha value is -4.50. The van der Waals surface area contributed by atoms with Crippen LogP contribution >= 0.6 is 0 Å². The van der Waals surface area contributed by atoms with Gasteiger partial charge in [-0.15, -0.1) is 0 Å². The number of methoxy groups -OCH3 is 3. The third-order valence-corrected chi connectivity index (χ3v) is 5.87. The van der Waals surface area contributed by atoms with Crippen LogP contribution in [-0.2, 0) is 0 Å². The van der Waals surface area contributed by atoms with Gasteiger partial charge in [0.15, 0.2) is 0 Å². The van der Waals surface area contributed by atoms with Gasteiger partial charge in [0.05, 0.1) is 21.3 Å². The number of ether oxygens (including phenoxy) is 3. The van der Waals surface area contributed by atoms with E-state index in [9.17, 15) is 0 Å². The zero-order chi connectivity index (χ0) is 36.8. The van der Waals surface area contributed by atoms with E-state index in [0.29, 0.717) is 11.8 Å². The maximum atomic E-state index is 4.91. The largest absolute Gasteiger partial charge is 0.497 e. The third kappa shape index (κ3) is 27.8. The van der Waals surface area contributed by atoms with Crippen LogP contribution < -0.4 is 14.2 Å². The molecule has 5 aromatic carbocycles. The van der Waals surface area contributed by atoms with Crippen molar-refractivity contribution in [3.63, 3.8) is 0 Å². The Kier molecular flexibility index (Phi) is 36.9. The fraction of sp³-hybridized carbons (Fsp3) is 0.333. The van der Waals surface area contributed by atoms with E-state index in [1.807, 2.05) is 145 Å². The topological polar surface area (TPSA) is 27.7 Å². The van der Waals surface area contributed by atoms with E-state index in [1.54, 1.807) is 21.3 Å². The predicted molar refractivity (Wildman–Crippen MR) is 214 cm³/mol. The minimum atomic E-state index is 0.659. The molecule has 0 saturated heterocycles. The number of hydrogen-bond donors (Lipinski definition) is 0. The van der Waals surface area contributed by atoms with E-state index < -0.39 is 0 Å². The Balaban J connectivity index is -0.000000507. The third-order valence-electron chi connectivity index (χ3n) is 5.87. The predicted octanol–water partition coefficient (Wildman–Crippen LogP) is 13.8. The normalized spacial score (nSPS) is 8.48. The van der Waals surface area contributed by atoms with Crippen molar-refractivity contribution in [2.24, 2.45) is 0 Å². The first-order valence-corrected chi connectivity index (χ1v) is 17.3. The van der Waals surface area contributed by atoms with Crippen LogP contribution in [0.2, 0.25) is 0 Å². The van der Waals surface area contributed by atoms with Crippen molar-refractivity contribution < 1.29 is 14.2 Å². The Morgan fingerprint density at radius 1 is 0.292 bits per heavy atom. The van der Waals surface area contributed by atoms with Gasteiger partial charge in [-0.1, -0.05) is 184 Å². The van der Waals surface area contributed by atoms with E-state index in [-0.39, 0.29) is 0 Å². The maximum absolute atomic E-state index is 4.91. The second kappa shape index (κ2) is 37.0. The van der Waals surface area contributed by atoms with Crippen LogP contribution in [0.25, 0.3) is 0 Å². The van der Waals surface area contributed by atoms with Gasteiger partial charge in [0.25, 0.3) is 0 Å². The van der Waals surface area contributed by atoms with E-state index in [2.05, 4.69) is 76.2 Å². The van der Waals surface area contributed by atoms with E-state index in [4.69, 9.17) is 14.2 Å². The molecule has 0 unspecified atom stereocenters. The first-order chi connectivity index (χ1) is 23.4. The van der Waals surface area contributed by atoms with E-state index >= 15 is 0 Å². The Morgan fingerprint density at radius 2 is 0.458 bits per heavy atom. The van der Waals surface area contributed by atoms with Crippen LogP contribution in [0.5, 0.6) is 17.2 Å². The minimum Gasteiger partial charge on any atom is -0.497 e. The first kappa shape index (κ1) is 47.9. The summed E-state index contributed by atoms with van der Waals surface area (Å²) in [7, 11) is 4.99. The zero-order valence-electron chi connectivity index (χ0n) is 32.3. The molecular weight excluding hydrogens is 588 g/mol. The van der Waals surface area contributed by atoms with Crippen LogP contribution in [-0.4, -0.2) is 21.3 Å². The fourth-order valence-corrected chi connectivity index (χ4v) is 3.35. The molecule has 0 aromatic heterocycles. The smallest absolute Gasteiger partial charge is 0.118 e. The molecule has 0 heterocycles. The van der Waals surface area contributed by atoms with Crippen molar-refractivity contribution in [2.45, 2.75) is 81.1 Å². The zero-order valence-corrected chi connectivity index (χ0v) is 32.3. The lowest BCUT2D eigenvalue weighted by Gasteiger charge is -2.01. The molecule has 264 valence electrons. The molecule has 0 atom stereocenters. The lowest BCUT2D eigenvalue weighted by atomic mass is 10.0. The van der Waals surface area contributed by atoms with Crippen LogP contribution in [0.1, 0.15) is 92.2 Å². The molecule has 0 aliphatic carbocycles. The van der Waals surface area contributed by atoms with Gasteiger partial charge in [-0.3, -0.25) is 0 Å². The van der Waals surface area contributed by atoms with Crippen molar-refractivity contribution in [3.05, 3.63) is 163 Å². The lowest BCUT2D eigenvalue weighted by Crippen LogP contribution is -1.83. The van der Waals surface area contributed by atoms with E-state index in [0.717, 1.165) is 17.2 Å². The minimum absolute atomic E-state index is 0.659. The monoisotopic (exact) mass is 655 g/mol. The highest BCUT2D eigenvalue weighted by Gasteiger charge is 1.94. The summed E-state index contributed by atoms with van der Waals surface area (Å²) < 4.78 is 14.7. The lowest BCUT2D eigenvalue weighted by molar-refractivity contribution is 0.414. The quantitative estimate of drug-likeness (QED) is 0.189. The summed E-state index contributed by atoms with van der Waals surface area (Å²) >= 11 is 0. The van der Waals surface area contributed by atoms with Crippen molar-refractivity contribution in [1.29, 1.82) is 0 Å². The van der Waals surface area contributed by atoms with Gasteiger partial charge < -0.3 is 14.2 Å². The molecule has 0 bridgehead atoms. The first-order valence-electron chi connectivity index (χ1n) is 17.3. The average Bonchev–Trinajstić information content (AvgIpc) is 3.20. The number of hydrogen-bond acceptors (Lipinski definition) is 3. The molecule has 0 saturated carbocycles. The summed E-state index contributed by atoms with van der Waals surface area (Å²) in [6.07, 6.45) is 0. The van der Waals surface area contributed by atoms with Crippen molar-refractivity contribution in [1.82, 2.24) is 0 Å². The molecule has 5 aromatic rings.